The van der Waals surface area contributed by atoms with E-state index in [1.54, 1.807) is 36.0 Å². The third-order valence-corrected chi connectivity index (χ3v) is 5.73. The molecule has 2 aromatic carbocycles. The average Bonchev–Trinajstić information content (AvgIpc) is 3.34. The zero-order valence-electron chi connectivity index (χ0n) is 18.4. The van der Waals surface area contributed by atoms with Crippen molar-refractivity contribution in [2.24, 2.45) is 0 Å². The Balaban J connectivity index is 1.43. The van der Waals surface area contributed by atoms with E-state index in [-0.39, 0.29) is 12.3 Å². The molecule has 2 heterocycles. The van der Waals surface area contributed by atoms with Gasteiger partial charge in [-0.25, -0.2) is 0 Å². The van der Waals surface area contributed by atoms with Gasteiger partial charge in [-0.2, -0.15) is 5.10 Å². The summed E-state index contributed by atoms with van der Waals surface area (Å²) in [5, 5.41) is 12.0. The fourth-order valence-corrected chi connectivity index (χ4v) is 3.75. The predicted octanol–water partition coefficient (Wildman–Crippen LogP) is 5.98. The molecule has 170 valence electrons. The smallest absolute Gasteiger partial charge is 0.279 e. The maximum absolute atomic E-state index is 12.8. The molecule has 0 unspecified atom stereocenters. The van der Waals surface area contributed by atoms with Gasteiger partial charge in [0.05, 0.1) is 22.2 Å². The Morgan fingerprint density at radius 3 is 2.55 bits per heavy atom. The van der Waals surface area contributed by atoms with Gasteiger partial charge in [0, 0.05) is 12.3 Å². The lowest BCUT2D eigenvalue weighted by molar-refractivity contribution is 0.101. The van der Waals surface area contributed by atoms with Crippen LogP contribution in [0.1, 0.15) is 38.5 Å². The zero-order valence-corrected chi connectivity index (χ0v) is 19.9. The number of ether oxygens (including phenoxy) is 1. The molecule has 2 aromatic heterocycles. The van der Waals surface area contributed by atoms with Crippen molar-refractivity contribution in [1.82, 2.24) is 14.9 Å². The number of hydrogen-bond acceptors (Lipinski definition) is 5. The highest BCUT2D eigenvalue weighted by atomic mass is 35.5. The number of carbonyl (C=O) groups excluding carboxylic acids is 1. The van der Waals surface area contributed by atoms with E-state index in [2.05, 4.69) is 21.6 Å². The van der Waals surface area contributed by atoms with Crippen LogP contribution in [0.5, 0.6) is 5.75 Å². The van der Waals surface area contributed by atoms with E-state index in [0.29, 0.717) is 33.7 Å². The third-order valence-electron chi connectivity index (χ3n) is 4.99. The second-order valence-electron chi connectivity index (χ2n) is 7.78. The Morgan fingerprint density at radius 2 is 1.82 bits per heavy atom. The molecule has 33 heavy (non-hydrogen) atoms. The van der Waals surface area contributed by atoms with Crippen molar-refractivity contribution < 1.29 is 14.1 Å². The van der Waals surface area contributed by atoms with E-state index in [9.17, 15) is 4.79 Å². The van der Waals surface area contributed by atoms with E-state index < -0.39 is 5.91 Å². The fraction of sp³-hybridized carbons (Fsp3) is 0.208. The number of halogens is 2. The molecule has 4 rings (SSSR count). The minimum atomic E-state index is -0.425. The van der Waals surface area contributed by atoms with Crippen molar-refractivity contribution in [1.29, 1.82) is 0 Å². The van der Waals surface area contributed by atoms with Gasteiger partial charge in [0.25, 0.3) is 5.91 Å². The van der Waals surface area contributed by atoms with Crippen LogP contribution in [0.25, 0.3) is 0 Å². The van der Waals surface area contributed by atoms with E-state index in [1.165, 1.54) is 0 Å². The SMILES string of the molecule is Cc1cc(C)cc(OCc2c(C(=O)Nc3ccn(Cc4ccc(Cl)c(Cl)c4)n3)noc2C)c1. The van der Waals surface area contributed by atoms with Crippen LogP contribution in [0.4, 0.5) is 5.82 Å². The van der Waals surface area contributed by atoms with Gasteiger partial charge in [-0.15, -0.1) is 0 Å². The zero-order chi connectivity index (χ0) is 23.5. The molecule has 0 fully saturated rings. The molecule has 0 saturated carbocycles. The highest BCUT2D eigenvalue weighted by Crippen LogP contribution is 2.24. The molecule has 4 aromatic rings. The Kier molecular flexibility index (Phi) is 6.72. The summed E-state index contributed by atoms with van der Waals surface area (Å²) in [6, 6.07) is 13.0. The van der Waals surface area contributed by atoms with Crippen LogP contribution >= 0.6 is 23.2 Å². The number of amides is 1. The number of nitrogens with zero attached hydrogens (tertiary/aromatic N) is 3. The first kappa shape index (κ1) is 22.9. The van der Waals surface area contributed by atoms with Gasteiger partial charge in [-0.05, 0) is 61.7 Å². The van der Waals surface area contributed by atoms with Gasteiger partial charge in [-0.1, -0.05) is 40.5 Å². The van der Waals surface area contributed by atoms with E-state index in [4.69, 9.17) is 32.5 Å². The minimum Gasteiger partial charge on any atom is -0.489 e. The van der Waals surface area contributed by atoms with E-state index in [0.717, 1.165) is 22.4 Å². The lowest BCUT2D eigenvalue weighted by Gasteiger charge is -2.08. The number of carbonyl (C=O) groups is 1. The van der Waals surface area contributed by atoms with Crippen molar-refractivity contribution in [2.45, 2.75) is 33.9 Å². The first-order valence-electron chi connectivity index (χ1n) is 10.2. The molecule has 7 nitrogen and oxygen atoms in total. The molecule has 0 aliphatic carbocycles. The average molecular weight is 485 g/mol. The summed E-state index contributed by atoms with van der Waals surface area (Å²) in [6.45, 7) is 6.39. The molecule has 0 aliphatic rings. The Labute approximate surface area is 201 Å². The number of nitrogens with one attached hydrogen (secondary N) is 1. The van der Waals surface area contributed by atoms with E-state index in [1.807, 2.05) is 32.0 Å². The lowest BCUT2D eigenvalue weighted by Crippen LogP contribution is -2.16. The molecule has 0 saturated heterocycles. The number of rotatable bonds is 7. The Hall–Kier alpha value is -3.29. The van der Waals surface area contributed by atoms with Crippen molar-refractivity contribution in [2.75, 3.05) is 5.32 Å². The number of hydrogen-bond donors (Lipinski definition) is 1. The van der Waals surface area contributed by atoms with Gasteiger partial charge in [0.2, 0.25) is 0 Å². The van der Waals surface area contributed by atoms with E-state index >= 15 is 0 Å². The lowest BCUT2D eigenvalue weighted by atomic mass is 10.1. The summed E-state index contributed by atoms with van der Waals surface area (Å²) in [6.07, 6.45) is 1.76. The monoisotopic (exact) mass is 484 g/mol. The number of benzene rings is 2. The molecular formula is C24H22Cl2N4O3. The largest absolute Gasteiger partial charge is 0.489 e. The van der Waals surface area contributed by atoms with Gasteiger partial charge in [0.15, 0.2) is 11.5 Å². The maximum Gasteiger partial charge on any atom is 0.279 e. The summed E-state index contributed by atoms with van der Waals surface area (Å²) < 4.78 is 12.8. The van der Waals surface area contributed by atoms with Crippen molar-refractivity contribution in [3.63, 3.8) is 0 Å². The van der Waals surface area contributed by atoms with Crippen LogP contribution < -0.4 is 10.1 Å². The quantitative estimate of drug-likeness (QED) is 0.348. The fourth-order valence-electron chi connectivity index (χ4n) is 3.43. The highest BCUT2D eigenvalue weighted by molar-refractivity contribution is 6.42. The molecule has 0 radical (unpaired) electrons. The van der Waals surface area contributed by atoms with Crippen LogP contribution in [0.15, 0.2) is 53.2 Å². The second kappa shape index (κ2) is 9.68. The van der Waals surface area contributed by atoms with Crippen molar-refractivity contribution in [3.05, 3.63) is 92.4 Å². The summed E-state index contributed by atoms with van der Waals surface area (Å²) in [4.78, 5) is 12.8. The van der Waals surface area contributed by atoms with Crippen molar-refractivity contribution in [3.8, 4) is 5.75 Å². The van der Waals surface area contributed by atoms with Crippen molar-refractivity contribution >= 4 is 34.9 Å². The van der Waals surface area contributed by atoms with Gasteiger partial charge < -0.3 is 14.6 Å². The third kappa shape index (κ3) is 5.56. The van der Waals surface area contributed by atoms with Crippen LogP contribution in [-0.2, 0) is 13.2 Å². The minimum absolute atomic E-state index is 0.159. The van der Waals surface area contributed by atoms with Crippen LogP contribution in [0.3, 0.4) is 0 Å². The molecule has 0 atom stereocenters. The Morgan fingerprint density at radius 1 is 1.06 bits per heavy atom. The number of aryl methyl sites for hydroxylation is 3. The molecular weight excluding hydrogens is 463 g/mol. The maximum atomic E-state index is 12.8. The van der Waals surface area contributed by atoms with Crippen LogP contribution in [0, 0.1) is 20.8 Å². The predicted molar refractivity (Wildman–Crippen MR) is 127 cm³/mol. The summed E-state index contributed by atoms with van der Waals surface area (Å²) in [5.74, 6) is 1.21. The van der Waals surface area contributed by atoms with Gasteiger partial charge >= 0.3 is 0 Å². The summed E-state index contributed by atoms with van der Waals surface area (Å²) in [7, 11) is 0. The summed E-state index contributed by atoms with van der Waals surface area (Å²) >= 11 is 12.0. The topological polar surface area (TPSA) is 82.2 Å². The first-order chi connectivity index (χ1) is 15.8. The van der Waals surface area contributed by atoms with Crippen LogP contribution in [-0.4, -0.2) is 20.8 Å². The Bertz CT molecular complexity index is 1290. The highest BCUT2D eigenvalue weighted by Gasteiger charge is 2.21. The first-order valence-corrected chi connectivity index (χ1v) is 11.0. The number of aromatic nitrogens is 3. The second-order valence-corrected chi connectivity index (χ2v) is 8.59. The molecule has 9 heteroatoms. The molecule has 1 amide bonds. The molecule has 1 N–H and O–H groups in total. The molecule has 0 aliphatic heterocycles. The van der Waals surface area contributed by atoms with Gasteiger partial charge in [-0.3, -0.25) is 9.48 Å². The standard InChI is InChI=1S/C24H22Cl2N4O3/c1-14-8-15(2)10-18(9-14)32-13-19-16(3)33-29-23(19)24(31)27-22-6-7-30(28-22)12-17-4-5-20(25)21(26)11-17/h4-11H,12-13H2,1-3H3,(H,27,28,31). The normalized spacial score (nSPS) is 10.9. The summed E-state index contributed by atoms with van der Waals surface area (Å²) in [5.41, 5.74) is 3.88. The molecule has 0 spiro atoms. The number of anilines is 1. The van der Waals surface area contributed by atoms with Crippen LogP contribution in [0.2, 0.25) is 10.0 Å². The van der Waals surface area contributed by atoms with Gasteiger partial charge in [0.1, 0.15) is 18.1 Å². The molecule has 0 bridgehead atoms.